The van der Waals surface area contributed by atoms with E-state index in [0.29, 0.717) is 6.54 Å². The van der Waals surface area contributed by atoms with Crippen molar-refractivity contribution in [2.45, 2.75) is 19.9 Å². The smallest absolute Gasteiger partial charge is 0.222 e. The first-order valence-electron chi connectivity index (χ1n) is 6.81. The van der Waals surface area contributed by atoms with Crippen LogP contribution in [0.25, 0.3) is 0 Å². The van der Waals surface area contributed by atoms with Gasteiger partial charge >= 0.3 is 0 Å². The molecule has 106 valence electrons. The Morgan fingerprint density at radius 2 is 2.21 bits per heavy atom. The summed E-state index contributed by atoms with van der Waals surface area (Å²) < 4.78 is 5.41. The van der Waals surface area contributed by atoms with Gasteiger partial charge in [0.1, 0.15) is 0 Å². The minimum Gasteiger partial charge on any atom is -0.379 e. The van der Waals surface area contributed by atoms with Gasteiger partial charge in [0.05, 0.1) is 19.3 Å². The molecule has 1 aliphatic heterocycles. The summed E-state index contributed by atoms with van der Waals surface area (Å²) in [5.41, 5.74) is 0. The third-order valence-electron chi connectivity index (χ3n) is 3.35. The summed E-state index contributed by atoms with van der Waals surface area (Å²) in [4.78, 5) is 15.5. The van der Waals surface area contributed by atoms with E-state index in [1.807, 2.05) is 13.8 Å². The monoisotopic (exact) mass is 282 g/mol. The van der Waals surface area contributed by atoms with Crippen molar-refractivity contribution in [2.24, 2.45) is 5.92 Å². The average Bonchev–Trinajstić information content (AvgIpc) is 2.94. The van der Waals surface area contributed by atoms with Crippen molar-refractivity contribution in [3.05, 3.63) is 22.4 Å². The Balaban J connectivity index is 2.00. The number of nitrogens with one attached hydrogen (secondary N) is 1. The molecule has 1 N–H and O–H groups in total. The van der Waals surface area contributed by atoms with Crippen LogP contribution in [0.1, 0.15) is 24.8 Å². The number of rotatable bonds is 5. The normalized spacial score (nSPS) is 18.5. The zero-order valence-electron chi connectivity index (χ0n) is 11.6. The van der Waals surface area contributed by atoms with Gasteiger partial charge in [-0.05, 0) is 11.4 Å². The second-order valence-corrected chi connectivity index (χ2v) is 6.06. The number of hydrogen-bond donors (Lipinski definition) is 1. The highest BCUT2D eigenvalue weighted by molar-refractivity contribution is 7.10. The second-order valence-electron chi connectivity index (χ2n) is 5.08. The molecule has 1 saturated heterocycles. The fourth-order valence-electron chi connectivity index (χ4n) is 2.18. The van der Waals surface area contributed by atoms with Gasteiger partial charge in [0.25, 0.3) is 0 Å². The van der Waals surface area contributed by atoms with Crippen LogP contribution in [-0.2, 0) is 9.53 Å². The van der Waals surface area contributed by atoms with Crippen molar-refractivity contribution in [1.82, 2.24) is 10.2 Å². The Labute approximate surface area is 118 Å². The highest BCUT2D eigenvalue weighted by Crippen LogP contribution is 2.25. The van der Waals surface area contributed by atoms with Crippen LogP contribution in [0, 0.1) is 5.92 Å². The predicted molar refractivity (Wildman–Crippen MR) is 77.3 cm³/mol. The van der Waals surface area contributed by atoms with Crippen LogP contribution in [0.2, 0.25) is 0 Å². The van der Waals surface area contributed by atoms with Gasteiger partial charge in [-0.2, -0.15) is 0 Å². The number of carbonyl (C=O) groups excluding carboxylic acids is 1. The molecule has 0 unspecified atom stereocenters. The molecule has 19 heavy (non-hydrogen) atoms. The first-order valence-corrected chi connectivity index (χ1v) is 7.69. The molecule has 0 aliphatic carbocycles. The van der Waals surface area contributed by atoms with Gasteiger partial charge in [-0.25, -0.2) is 0 Å². The third kappa shape index (κ3) is 4.03. The highest BCUT2D eigenvalue weighted by Gasteiger charge is 2.24. The van der Waals surface area contributed by atoms with Gasteiger partial charge in [0.2, 0.25) is 5.91 Å². The van der Waals surface area contributed by atoms with E-state index < -0.39 is 0 Å². The molecule has 0 saturated carbocycles. The number of amides is 1. The molecule has 2 rings (SSSR count). The van der Waals surface area contributed by atoms with Gasteiger partial charge in [-0.15, -0.1) is 11.3 Å². The van der Waals surface area contributed by atoms with Crippen LogP contribution in [0.3, 0.4) is 0 Å². The Bertz CT molecular complexity index is 386. The number of hydrogen-bond acceptors (Lipinski definition) is 4. The Morgan fingerprint density at radius 1 is 1.47 bits per heavy atom. The van der Waals surface area contributed by atoms with E-state index in [9.17, 15) is 4.79 Å². The van der Waals surface area contributed by atoms with Crippen LogP contribution < -0.4 is 5.32 Å². The van der Waals surface area contributed by atoms with E-state index in [1.165, 1.54) is 4.88 Å². The van der Waals surface area contributed by atoms with Crippen molar-refractivity contribution >= 4 is 17.2 Å². The number of nitrogens with zero attached hydrogens (tertiary/aromatic N) is 1. The van der Waals surface area contributed by atoms with E-state index in [2.05, 4.69) is 27.7 Å². The summed E-state index contributed by atoms with van der Waals surface area (Å²) >= 11 is 1.75. The van der Waals surface area contributed by atoms with E-state index in [0.717, 1.165) is 26.3 Å². The molecule has 0 aromatic carbocycles. The SMILES string of the molecule is CC(C)C(=O)NC[C@H](c1cccs1)N1CCOCC1. The molecule has 0 spiro atoms. The maximum Gasteiger partial charge on any atom is 0.222 e. The molecular formula is C14H22N2O2S. The van der Waals surface area contributed by atoms with Crippen molar-refractivity contribution in [3.8, 4) is 0 Å². The molecule has 1 aromatic rings. The molecule has 2 heterocycles. The van der Waals surface area contributed by atoms with Gasteiger partial charge in [0, 0.05) is 30.4 Å². The third-order valence-corrected chi connectivity index (χ3v) is 4.33. The van der Waals surface area contributed by atoms with E-state index in [1.54, 1.807) is 11.3 Å². The van der Waals surface area contributed by atoms with Crippen molar-refractivity contribution < 1.29 is 9.53 Å². The van der Waals surface area contributed by atoms with Gasteiger partial charge < -0.3 is 10.1 Å². The quantitative estimate of drug-likeness (QED) is 0.897. The Hall–Kier alpha value is -0.910. The minimum atomic E-state index is 0.0358. The molecule has 0 bridgehead atoms. The molecule has 1 atom stereocenters. The van der Waals surface area contributed by atoms with E-state index in [-0.39, 0.29) is 17.9 Å². The van der Waals surface area contributed by atoms with Crippen LogP contribution in [-0.4, -0.2) is 43.7 Å². The summed E-state index contributed by atoms with van der Waals surface area (Å²) in [6.07, 6.45) is 0. The summed E-state index contributed by atoms with van der Waals surface area (Å²) in [6.45, 7) is 7.94. The predicted octanol–water partition coefficient (Wildman–Crippen LogP) is 1.89. The molecule has 0 radical (unpaired) electrons. The second kappa shape index (κ2) is 7.03. The molecule has 1 amide bonds. The number of carbonyl (C=O) groups is 1. The lowest BCUT2D eigenvalue weighted by Crippen LogP contribution is -2.44. The van der Waals surface area contributed by atoms with Crippen LogP contribution in [0.4, 0.5) is 0 Å². The summed E-state index contributed by atoms with van der Waals surface area (Å²) in [7, 11) is 0. The lowest BCUT2D eigenvalue weighted by Gasteiger charge is -2.34. The maximum absolute atomic E-state index is 11.7. The topological polar surface area (TPSA) is 41.6 Å². The number of morpholine rings is 1. The summed E-state index contributed by atoms with van der Waals surface area (Å²) in [5.74, 6) is 0.156. The number of ether oxygens (including phenoxy) is 1. The fraction of sp³-hybridized carbons (Fsp3) is 0.643. The average molecular weight is 282 g/mol. The minimum absolute atomic E-state index is 0.0358. The molecule has 1 aromatic heterocycles. The van der Waals surface area contributed by atoms with Gasteiger partial charge in [-0.1, -0.05) is 19.9 Å². The van der Waals surface area contributed by atoms with Crippen molar-refractivity contribution in [1.29, 1.82) is 0 Å². The zero-order valence-corrected chi connectivity index (χ0v) is 12.4. The molecular weight excluding hydrogens is 260 g/mol. The molecule has 4 nitrogen and oxygen atoms in total. The van der Waals surface area contributed by atoms with Crippen molar-refractivity contribution in [3.63, 3.8) is 0 Å². The van der Waals surface area contributed by atoms with Gasteiger partial charge in [-0.3, -0.25) is 9.69 Å². The Kier molecular flexibility index (Phi) is 5.36. The first-order chi connectivity index (χ1) is 9.18. The lowest BCUT2D eigenvalue weighted by molar-refractivity contribution is -0.124. The van der Waals surface area contributed by atoms with Gasteiger partial charge in [0.15, 0.2) is 0 Å². The summed E-state index contributed by atoms with van der Waals surface area (Å²) in [6, 6.07) is 4.48. The molecule has 1 fully saturated rings. The standard InChI is InChI=1S/C14H22N2O2S/c1-11(2)14(17)15-10-12(13-4-3-9-19-13)16-5-7-18-8-6-16/h3-4,9,11-12H,5-8,10H2,1-2H3,(H,15,17)/t12-/m1/s1. The van der Waals surface area contributed by atoms with E-state index in [4.69, 9.17) is 4.74 Å². The van der Waals surface area contributed by atoms with Crippen LogP contribution in [0.15, 0.2) is 17.5 Å². The summed E-state index contributed by atoms with van der Waals surface area (Å²) in [5, 5.41) is 5.14. The fourth-order valence-corrected chi connectivity index (χ4v) is 3.04. The number of thiophene rings is 1. The maximum atomic E-state index is 11.7. The van der Waals surface area contributed by atoms with Crippen LogP contribution in [0.5, 0.6) is 0 Å². The molecule has 5 heteroatoms. The molecule has 1 aliphatic rings. The van der Waals surface area contributed by atoms with Crippen LogP contribution >= 0.6 is 11.3 Å². The highest BCUT2D eigenvalue weighted by atomic mass is 32.1. The zero-order chi connectivity index (χ0) is 13.7. The largest absolute Gasteiger partial charge is 0.379 e. The lowest BCUT2D eigenvalue weighted by atomic mass is 10.1. The Morgan fingerprint density at radius 3 is 2.79 bits per heavy atom. The van der Waals surface area contributed by atoms with Crippen molar-refractivity contribution in [2.75, 3.05) is 32.8 Å². The van der Waals surface area contributed by atoms with E-state index >= 15 is 0 Å². The first kappa shape index (κ1) is 14.5.